The molecule has 1 atom stereocenters. The Morgan fingerprint density at radius 1 is 1.50 bits per heavy atom. The molecule has 0 radical (unpaired) electrons. The quantitative estimate of drug-likeness (QED) is 0.527. The molecule has 1 fully saturated rings. The lowest BCUT2D eigenvalue weighted by molar-refractivity contribution is -0.0596. The fourth-order valence-corrected chi connectivity index (χ4v) is 1.03. The third-order valence-electron chi connectivity index (χ3n) is 1.71. The summed E-state index contributed by atoms with van der Waals surface area (Å²) in [5.41, 5.74) is 0. The second-order valence-electron chi connectivity index (χ2n) is 3.01. The van der Waals surface area contributed by atoms with Crippen LogP contribution in [-0.2, 0) is 18.7 Å². The van der Waals surface area contributed by atoms with Gasteiger partial charge in [-0.25, -0.2) is 0 Å². The number of aliphatic hydroxyl groups excluding tert-OH is 2. The van der Waals surface area contributed by atoms with Crippen LogP contribution in [0.2, 0.25) is 0 Å². The predicted molar refractivity (Wildman–Crippen MR) is 47.5 cm³/mol. The van der Waals surface area contributed by atoms with E-state index in [-0.39, 0.29) is 26.4 Å². The third-order valence-corrected chi connectivity index (χ3v) is 1.71. The van der Waals surface area contributed by atoms with Gasteiger partial charge in [-0.2, -0.15) is 0 Å². The highest BCUT2D eigenvalue weighted by Crippen LogP contribution is 2.06. The van der Waals surface area contributed by atoms with Crippen LogP contribution in [0.25, 0.3) is 0 Å². The summed E-state index contributed by atoms with van der Waals surface area (Å²) in [5.74, 6) is 0. The number of methoxy groups -OCH3 is 1. The molecule has 0 aromatic carbocycles. The van der Waals surface area contributed by atoms with E-state index in [0.29, 0.717) is 0 Å². The van der Waals surface area contributed by atoms with Crippen molar-refractivity contribution < 1.29 is 28.9 Å². The average Bonchev–Trinajstić information content (AvgIpc) is 2.20. The van der Waals surface area contributed by atoms with Crippen LogP contribution in [0.5, 0.6) is 0 Å². The van der Waals surface area contributed by atoms with Gasteiger partial charge in [0.2, 0.25) is 0 Å². The molecule has 1 heterocycles. The van der Waals surface area contributed by atoms with Crippen molar-refractivity contribution in [3.63, 3.8) is 0 Å². The molecule has 2 N–H and O–H groups in total. The van der Waals surface area contributed by atoms with Crippen LogP contribution in [0, 0.1) is 0 Å². The molecule has 14 heavy (non-hydrogen) atoms. The van der Waals surface area contributed by atoms with Gasteiger partial charge in [-0.05, 0) is 0 Å². The van der Waals surface area contributed by atoms with Gasteiger partial charge in [0.25, 0.3) is 0 Å². The van der Waals surface area contributed by atoms with Crippen LogP contribution in [0.3, 0.4) is 0 Å². The van der Waals surface area contributed by atoms with Crippen molar-refractivity contribution >= 4 is 7.32 Å². The van der Waals surface area contributed by atoms with Gasteiger partial charge in [-0.15, -0.1) is 0 Å². The summed E-state index contributed by atoms with van der Waals surface area (Å²) in [5, 5.41) is 17.9. The first kappa shape index (κ1) is 11.9. The van der Waals surface area contributed by atoms with Gasteiger partial charge in [-0.1, -0.05) is 0 Å². The van der Waals surface area contributed by atoms with Crippen LogP contribution in [0.4, 0.5) is 0 Å². The summed E-state index contributed by atoms with van der Waals surface area (Å²) in [6.45, 7) is 0.452. The topological polar surface area (TPSA) is 77.4 Å². The van der Waals surface area contributed by atoms with Crippen LogP contribution >= 0.6 is 0 Å². The van der Waals surface area contributed by atoms with E-state index in [0.717, 1.165) is 0 Å². The minimum absolute atomic E-state index is 0.167. The fraction of sp³-hybridized carbons (Fsp3) is 1.00. The largest absolute Gasteiger partial charge is 0.639 e. The molecular weight excluding hydrogens is 191 g/mol. The van der Waals surface area contributed by atoms with Crippen LogP contribution in [0.15, 0.2) is 0 Å². The van der Waals surface area contributed by atoms with E-state index in [2.05, 4.69) is 0 Å². The van der Waals surface area contributed by atoms with Gasteiger partial charge in [0.05, 0.1) is 38.6 Å². The zero-order valence-electron chi connectivity index (χ0n) is 8.09. The standard InChI is InChI=1S/C7H15BO6/c1-11-5-7(2-9)14-8-12-3-6(10)4-13-8/h6-7,9-10H,2-5H2,1H3. The van der Waals surface area contributed by atoms with Gasteiger partial charge >= 0.3 is 7.32 Å². The molecule has 82 valence electrons. The van der Waals surface area contributed by atoms with Gasteiger partial charge in [0.15, 0.2) is 0 Å². The van der Waals surface area contributed by atoms with Crippen LogP contribution < -0.4 is 0 Å². The Labute approximate surface area is 82.9 Å². The lowest BCUT2D eigenvalue weighted by atomic mass is 10.1. The number of ether oxygens (including phenoxy) is 1. The van der Waals surface area contributed by atoms with Crippen molar-refractivity contribution in [3.8, 4) is 0 Å². The molecule has 7 heteroatoms. The molecule has 0 bridgehead atoms. The van der Waals surface area contributed by atoms with E-state index in [9.17, 15) is 0 Å². The summed E-state index contributed by atoms with van der Waals surface area (Å²) < 4.78 is 20.0. The van der Waals surface area contributed by atoms with Gasteiger partial charge in [-0.3, -0.25) is 0 Å². The Morgan fingerprint density at radius 3 is 2.64 bits per heavy atom. The summed E-state index contributed by atoms with van der Waals surface area (Å²) in [6, 6.07) is 0. The second kappa shape index (κ2) is 6.33. The Kier molecular flexibility index (Phi) is 5.38. The molecule has 1 saturated heterocycles. The van der Waals surface area contributed by atoms with Crippen LogP contribution in [0.1, 0.15) is 0 Å². The zero-order chi connectivity index (χ0) is 10.4. The maximum atomic E-state index is 9.04. The van der Waals surface area contributed by atoms with E-state index in [1.165, 1.54) is 7.11 Å². The predicted octanol–water partition coefficient (Wildman–Crippen LogP) is -1.60. The molecule has 0 saturated carbocycles. The van der Waals surface area contributed by atoms with Crippen molar-refractivity contribution in [2.75, 3.05) is 33.5 Å². The van der Waals surface area contributed by atoms with E-state index < -0.39 is 19.5 Å². The van der Waals surface area contributed by atoms with Crippen molar-refractivity contribution in [2.24, 2.45) is 0 Å². The third kappa shape index (κ3) is 3.91. The molecule has 1 unspecified atom stereocenters. The van der Waals surface area contributed by atoms with E-state index in [4.69, 9.17) is 28.9 Å². The smallest absolute Gasteiger partial charge is 0.394 e. The number of aliphatic hydroxyl groups is 2. The van der Waals surface area contributed by atoms with Gasteiger partial charge < -0.3 is 28.9 Å². The normalized spacial score (nSPS) is 21.2. The minimum Gasteiger partial charge on any atom is -0.394 e. The van der Waals surface area contributed by atoms with E-state index in [1.807, 2.05) is 0 Å². The summed E-state index contributed by atoms with van der Waals surface area (Å²) in [4.78, 5) is 0. The van der Waals surface area contributed by atoms with Crippen LogP contribution in [-0.4, -0.2) is 63.3 Å². The maximum absolute atomic E-state index is 9.04. The lowest BCUT2D eigenvalue weighted by Gasteiger charge is -2.25. The molecule has 6 nitrogen and oxygen atoms in total. The second-order valence-corrected chi connectivity index (χ2v) is 3.01. The SMILES string of the molecule is COCC(CO)OB1OCC(O)CO1. The number of rotatable bonds is 5. The first-order valence-corrected chi connectivity index (χ1v) is 4.42. The average molecular weight is 206 g/mol. The molecule has 0 amide bonds. The first-order valence-electron chi connectivity index (χ1n) is 4.42. The fourth-order valence-electron chi connectivity index (χ4n) is 1.03. The number of hydrogen-bond donors (Lipinski definition) is 2. The van der Waals surface area contributed by atoms with Crippen molar-refractivity contribution in [1.82, 2.24) is 0 Å². The van der Waals surface area contributed by atoms with Crippen molar-refractivity contribution in [2.45, 2.75) is 12.2 Å². The first-order chi connectivity index (χ1) is 6.76. The maximum Gasteiger partial charge on any atom is 0.639 e. The Hall–Kier alpha value is -0.175. The molecule has 1 aliphatic heterocycles. The van der Waals surface area contributed by atoms with Gasteiger partial charge in [0.1, 0.15) is 0 Å². The van der Waals surface area contributed by atoms with E-state index >= 15 is 0 Å². The monoisotopic (exact) mass is 206 g/mol. The molecule has 0 aromatic heterocycles. The highest BCUT2D eigenvalue weighted by molar-refractivity contribution is 6.36. The van der Waals surface area contributed by atoms with Crippen molar-refractivity contribution in [3.05, 3.63) is 0 Å². The molecular formula is C7H15BO6. The van der Waals surface area contributed by atoms with Crippen molar-refractivity contribution in [1.29, 1.82) is 0 Å². The summed E-state index contributed by atoms with van der Waals surface area (Å²) in [6.07, 6.45) is -1.08. The molecule has 0 spiro atoms. The molecule has 0 aliphatic carbocycles. The molecule has 1 rings (SSSR count). The highest BCUT2D eigenvalue weighted by atomic mass is 16.8. The van der Waals surface area contributed by atoms with Gasteiger partial charge in [0, 0.05) is 7.11 Å². The minimum atomic E-state index is -0.828. The highest BCUT2D eigenvalue weighted by Gasteiger charge is 2.31. The molecule has 0 aromatic rings. The summed E-state index contributed by atoms with van der Waals surface area (Å²) in [7, 11) is 0.684. The van der Waals surface area contributed by atoms with E-state index in [1.54, 1.807) is 0 Å². The Morgan fingerprint density at radius 2 is 2.14 bits per heavy atom. The Bertz CT molecular complexity index is 149. The molecule has 1 aliphatic rings. The number of hydrogen-bond acceptors (Lipinski definition) is 6. The summed E-state index contributed by atoms with van der Waals surface area (Å²) >= 11 is 0. The Balaban J connectivity index is 2.21. The lowest BCUT2D eigenvalue weighted by Crippen LogP contribution is -2.44. The zero-order valence-corrected chi connectivity index (χ0v) is 8.09.